The molecule has 0 aliphatic rings. The average molecular weight is 449 g/mol. The maximum absolute atomic E-state index is 13.2. The van der Waals surface area contributed by atoms with Crippen molar-refractivity contribution >= 4 is 33.3 Å². The van der Waals surface area contributed by atoms with Crippen LogP contribution in [0.4, 0.5) is 11.4 Å². The topological polar surface area (TPSA) is 102 Å². The van der Waals surface area contributed by atoms with E-state index in [1.807, 2.05) is 0 Å². The quantitative estimate of drug-likeness (QED) is 0.590. The number of methoxy groups -OCH3 is 1. The first-order valence-electron chi connectivity index (χ1n) is 9.85. The first kappa shape index (κ1) is 24.2. The van der Waals surface area contributed by atoms with Gasteiger partial charge in [0, 0.05) is 11.8 Å². The number of hydrogen-bond donors (Lipinski definition) is 1. The van der Waals surface area contributed by atoms with Crippen molar-refractivity contribution in [1.82, 2.24) is 0 Å². The molecule has 2 aromatic carbocycles. The van der Waals surface area contributed by atoms with E-state index in [2.05, 4.69) is 5.32 Å². The number of hydrogen-bond acceptors (Lipinski definition) is 6. The largest absolute Gasteiger partial charge is 0.497 e. The van der Waals surface area contributed by atoms with Crippen molar-refractivity contribution < 1.29 is 27.5 Å². The van der Waals surface area contributed by atoms with Crippen molar-refractivity contribution in [2.45, 2.75) is 33.2 Å². The van der Waals surface area contributed by atoms with Crippen LogP contribution in [0.25, 0.3) is 0 Å². The summed E-state index contributed by atoms with van der Waals surface area (Å²) in [5.41, 5.74) is 1.60. The Hall–Kier alpha value is -3.07. The summed E-state index contributed by atoms with van der Waals surface area (Å²) in [6.07, 6.45) is 1.28. The minimum Gasteiger partial charge on any atom is -0.497 e. The van der Waals surface area contributed by atoms with Gasteiger partial charge in [-0.1, -0.05) is 19.1 Å². The zero-order valence-corrected chi connectivity index (χ0v) is 19.2. The SMILES string of the molecule is CCOC(=O)c1cccc(NC(=O)[C@@H](CC)N(c2cccc(OC)c2)S(C)(=O)=O)c1C. The third kappa shape index (κ3) is 5.75. The van der Waals surface area contributed by atoms with Crippen molar-refractivity contribution in [3.63, 3.8) is 0 Å². The van der Waals surface area contributed by atoms with E-state index in [9.17, 15) is 18.0 Å². The average Bonchev–Trinajstić information content (AvgIpc) is 2.72. The summed E-state index contributed by atoms with van der Waals surface area (Å²) in [5.74, 6) is -0.531. The number of rotatable bonds is 9. The molecule has 0 fully saturated rings. The standard InChI is InChI=1S/C22H28N2O6S/c1-6-20(24(31(5,27)28)16-10-8-11-17(14-16)29-4)21(25)23-19-13-9-12-18(15(19)3)22(26)30-7-2/h8-14,20H,6-7H2,1-5H3,(H,23,25)/t20-/m1/s1. The van der Waals surface area contributed by atoms with Crippen LogP contribution in [0.3, 0.4) is 0 Å². The van der Waals surface area contributed by atoms with Crippen LogP contribution in [0.15, 0.2) is 42.5 Å². The lowest BCUT2D eigenvalue weighted by molar-refractivity contribution is -0.117. The molecule has 8 nitrogen and oxygen atoms in total. The Bertz CT molecular complexity index is 1050. The molecule has 0 bridgehead atoms. The minimum atomic E-state index is -3.79. The molecule has 0 radical (unpaired) electrons. The summed E-state index contributed by atoms with van der Waals surface area (Å²) in [5, 5.41) is 2.77. The van der Waals surface area contributed by atoms with Gasteiger partial charge < -0.3 is 14.8 Å². The van der Waals surface area contributed by atoms with Gasteiger partial charge in [0.05, 0.1) is 31.2 Å². The Labute approximate surface area is 183 Å². The fraction of sp³-hybridized carbons (Fsp3) is 0.364. The van der Waals surface area contributed by atoms with Gasteiger partial charge >= 0.3 is 5.97 Å². The molecule has 1 atom stereocenters. The van der Waals surface area contributed by atoms with E-state index in [1.54, 1.807) is 63.2 Å². The Balaban J connectivity index is 2.41. The highest BCUT2D eigenvalue weighted by molar-refractivity contribution is 7.92. The van der Waals surface area contributed by atoms with Crippen molar-refractivity contribution in [1.29, 1.82) is 0 Å². The van der Waals surface area contributed by atoms with Crippen LogP contribution in [-0.2, 0) is 19.6 Å². The van der Waals surface area contributed by atoms with Crippen LogP contribution in [0.2, 0.25) is 0 Å². The normalized spacial score (nSPS) is 12.0. The maximum Gasteiger partial charge on any atom is 0.338 e. The molecule has 1 N–H and O–H groups in total. The van der Waals surface area contributed by atoms with Crippen molar-refractivity contribution in [3.05, 3.63) is 53.6 Å². The van der Waals surface area contributed by atoms with Crippen LogP contribution in [0, 0.1) is 6.92 Å². The number of amides is 1. The lowest BCUT2D eigenvalue weighted by Crippen LogP contribution is -2.47. The van der Waals surface area contributed by atoms with Crippen molar-refractivity contribution in [3.8, 4) is 5.75 Å². The van der Waals surface area contributed by atoms with Gasteiger partial charge in [-0.2, -0.15) is 0 Å². The summed E-state index contributed by atoms with van der Waals surface area (Å²) in [7, 11) is -2.31. The molecular formula is C22H28N2O6S. The van der Waals surface area contributed by atoms with Crippen LogP contribution >= 0.6 is 0 Å². The van der Waals surface area contributed by atoms with Gasteiger partial charge in [-0.15, -0.1) is 0 Å². The number of carbonyl (C=O) groups excluding carboxylic acids is 2. The smallest absolute Gasteiger partial charge is 0.338 e. The van der Waals surface area contributed by atoms with Crippen LogP contribution in [-0.4, -0.2) is 46.3 Å². The second-order valence-corrected chi connectivity index (χ2v) is 8.73. The highest BCUT2D eigenvalue weighted by atomic mass is 32.2. The molecule has 0 unspecified atom stereocenters. The predicted octanol–water partition coefficient (Wildman–Crippen LogP) is 3.36. The number of esters is 1. The highest BCUT2D eigenvalue weighted by Gasteiger charge is 2.32. The van der Waals surface area contributed by atoms with E-state index in [0.29, 0.717) is 28.3 Å². The zero-order valence-electron chi connectivity index (χ0n) is 18.3. The molecule has 0 heterocycles. The minimum absolute atomic E-state index is 0.229. The first-order chi connectivity index (χ1) is 14.6. The van der Waals surface area contributed by atoms with Crippen molar-refractivity contribution in [2.75, 3.05) is 29.6 Å². The van der Waals surface area contributed by atoms with E-state index < -0.39 is 27.9 Å². The molecule has 0 aliphatic heterocycles. The molecule has 2 aromatic rings. The second-order valence-electron chi connectivity index (χ2n) is 6.87. The number of carbonyl (C=O) groups is 2. The van der Waals surface area contributed by atoms with Gasteiger partial charge in [-0.3, -0.25) is 9.10 Å². The molecule has 168 valence electrons. The van der Waals surface area contributed by atoms with Gasteiger partial charge in [0.15, 0.2) is 0 Å². The van der Waals surface area contributed by atoms with E-state index in [1.165, 1.54) is 7.11 Å². The van der Waals surface area contributed by atoms with Crippen LogP contribution in [0.1, 0.15) is 36.2 Å². The molecule has 0 saturated carbocycles. The molecule has 31 heavy (non-hydrogen) atoms. The summed E-state index contributed by atoms with van der Waals surface area (Å²) in [6, 6.07) is 10.4. The molecule has 1 amide bonds. The zero-order chi connectivity index (χ0) is 23.2. The van der Waals surface area contributed by atoms with Gasteiger partial charge in [0.25, 0.3) is 0 Å². The van der Waals surface area contributed by atoms with E-state index in [4.69, 9.17) is 9.47 Å². The molecule has 0 spiro atoms. The lowest BCUT2D eigenvalue weighted by Gasteiger charge is -2.30. The summed E-state index contributed by atoms with van der Waals surface area (Å²) < 4.78 is 36.6. The number of anilines is 2. The monoisotopic (exact) mass is 448 g/mol. The second kappa shape index (κ2) is 10.3. The third-order valence-corrected chi connectivity index (χ3v) is 5.90. The fourth-order valence-corrected chi connectivity index (χ4v) is 4.43. The molecular weight excluding hydrogens is 420 g/mol. The Morgan fingerprint density at radius 1 is 1.13 bits per heavy atom. The molecule has 0 aromatic heterocycles. The summed E-state index contributed by atoms with van der Waals surface area (Å²) in [6.45, 7) is 5.36. The number of sulfonamides is 1. The van der Waals surface area contributed by atoms with E-state index >= 15 is 0 Å². The Morgan fingerprint density at radius 3 is 2.39 bits per heavy atom. The molecule has 2 rings (SSSR count). The fourth-order valence-electron chi connectivity index (χ4n) is 3.22. The Kier molecular flexibility index (Phi) is 8.04. The molecule has 0 saturated heterocycles. The third-order valence-electron chi connectivity index (χ3n) is 4.72. The predicted molar refractivity (Wildman–Crippen MR) is 120 cm³/mol. The number of ether oxygens (including phenoxy) is 2. The Morgan fingerprint density at radius 2 is 1.81 bits per heavy atom. The summed E-state index contributed by atoms with van der Waals surface area (Å²) >= 11 is 0. The molecule has 0 aliphatic carbocycles. The number of nitrogens with one attached hydrogen (secondary N) is 1. The molecule has 9 heteroatoms. The van der Waals surface area contributed by atoms with Crippen LogP contribution in [0.5, 0.6) is 5.75 Å². The highest BCUT2D eigenvalue weighted by Crippen LogP contribution is 2.27. The van der Waals surface area contributed by atoms with Crippen LogP contribution < -0.4 is 14.4 Å². The lowest BCUT2D eigenvalue weighted by atomic mass is 10.1. The van der Waals surface area contributed by atoms with E-state index in [0.717, 1.165) is 10.6 Å². The van der Waals surface area contributed by atoms with E-state index in [-0.39, 0.29) is 13.0 Å². The maximum atomic E-state index is 13.2. The summed E-state index contributed by atoms with van der Waals surface area (Å²) in [4.78, 5) is 25.3. The number of nitrogens with zero attached hydrogens (tertiary/aromatic N) is 1. The van der Waals surface area contributed by atoms with Gasteiger partial charge in [0.2, 0.25) is 15.9 Å². The van der Waals surface area contributed by atoms with Crippen molar-refractivity contribution in [2.24, 2.45) is 0 Å². The van der Waals surface area contributed by atoms with Gasteiger partial charge in [0.1, 0.15) is 11.8 Å². The van der Waals surface area contributed by atoms with Gasteiger partial charge in [-0.25, -0.2) is 13.2 Å². The number of benzene rings is 2. The first-order valence-corrected chi connectivity index (χ1v) is 11.7. The van der Waals surface area contributed by atoms with Gasteiger partial charge in [-0.05, 0) is 50.1 Å².